The van der Waals surface area contributed by atoms with Crippen molar-refractivity contribution in [2.24, 2.45) is 0 Å². The van der Waals surface area contributed by atoms with Crippen molar-refractivity contribution in [3.63, 3.8) is 0 Å². The first kappa shape index (κ1) is 23.4. The summed E-state index contributed by atoms with van der Waals surface area (Å²) in [4.78, 5) is 19.3. The highest BCUT2D eigenvalue weighted by Gasteiger charge is 2.42. The molecule has 1 aliphatic heterocycles. The van der Waals surface area contributed by atoms with Crippen LogP contribution in [0.3, 0.4) is 0 Å². The highest BCUT2D eigenvalue weighted by molar-refractivity contribution is 7.80. The molecule has 0 saturated carbocycles. The molecule has 1 aliphatic rings. The van der Waals surface area contributed by atoms with Gasteiger partial charge in [-0.15, -0.1) is 0 Å². The quantitative estimate of drug-likeness (QED) is 0.291. The zero-order valence-electron chi connectivity index (χ0n) is 18.3. The number of carbonyl (C=O) groups is 1. The lowest BCUT2D eigenvalue weighted by molar-refractivity contribution is -0.116. The van der Waals surface area contributed by atoms with E-state index in [9.17, 15) is 4.79 Å². The fourth-order valence-electron chi connectivity index (χ4n) is 4.11. The topological polar surface area (TPSA) is 70.4 Å². The van der Waals surface area contributed by atoms with E-state index in [1.54, 1.807) is 18.3 Å². The third-order valence-electron chi connectivity index (χ3n) is 5.68. The van der Waals surface area contributed by atoms with Gasteiger partial charge in [-0.1, -0.05) is 47.5 Å². The van der Waals surface area contributed by atoms with Crippen LogP contribution in [0.2, 0.25) is 10.0 Å². The van der Waals surface area contributed by atoms with E-state index in [2.05, 4.69) is 15.6 Å². The van der Waals surface area contributed by atoms with E-state index in [0.717, 1.165) is 11.3 Å². The summed E-state index contributed by atoms with van der Waals surface area (Å²) in [6.45, 7) is 0.0342. The first-order chi connectivity index (χ1) is 17.0. The summed E-state index contributed by atoms with van der Waals surface area (Å²) in [6, 6.07) is 23.2. The molecule has 4 aromatic rings. The monoisotopic (exact) mass is 522 g/mol. The van der Waals surface area contributed by atoms with Gasteiger partial charge >= 0.3 is 0 Å². The Bertz CT molecular complexity index is 1360. The SMILES string of the molecule is O=C(CN1C(=S)N[C@H](c2ccccn2)[C@H]1c1ccc(-c2ccc(Cl)cc2Cl)o1)Nc1ccccc1. The van der Waals surface area contributed by atoms with Crippen LogP contribution in [-0.2, 0) is 4.79 Å². The highest BCUT2D eigenvalue weighted by atomic mass is 35.5. The molecule has 1 saturated heterocycles. The highest BCUT2D eigenvalue weighted by Crippen LogP contribution is 2.41. The average Bonchev–Trinajstić information content (AvgIpc) is 3.45. The van der Waals surface area contributed by atoms with Gasteiger partial charge in [-0.3, -0.25) is 9.78 Å². The van der Waals surface area contributed by atoms with Gasteiger partial charge < -0.3 is 20.0 Å². The number of para-hydroxylation sites is 1. The average molecular weight is 523 g/mol. The van der Waals surface area contributed by atoms with Crippen LogP contribution >= 0.6 is 35.4 Å². The number of aromatic nitrogens is 1. The molecule has 1 amide bonds. The van der Waals surface area contributed by atoms with E-state index >= 15 is 0 Å². The normalized spacial score (nSPS) is 17.3. The van der Waals surface area contributed by atoms with Gasteiger partial charge in [0.05, 0.1) is 16.8 Å². The van der Waals surface area contributed by atoms with E-state index in [1.165, 1.54) is 0 Å². The van der Waals surface area contributed by atoms with Crippen molar-refractivity contribution in [2.75, 3.05) is 11.9 Å². The zero-order valence-corrected chi connectivity index (χ0v) is 20.6. The lowest BCUT2D eigenvalue weighted by Gasteiger charge is -2.25. The summed E-state index contributed by atoms with van der Waals surface area (Å²) in [5.74, 6) is 1.02. The van der Waals surface area contributed by atoms with Crippen LogP contribution in [-0.4, -0.2) is 27.4 Å². The predicted molar refractivity (Wildman–Crippen MR) is 141 cm³/mol. The summed E-state index contributed by atoms with van der Waals surface area (Å²) in [7, 11) is 0. The Labute approximate surface area is 217 Å². The molecule has 0 bridgehead atoms. The maximum absolute atomic E-state index is 12.9. The van der Waals surface area contributed by atoms with Crippen LogP contribution in [0, 0.1) is 0 Å². The maximum atomic E-state index is 12.9. The number of nitrogens with zero attached hydrogens (tertiary/aromatic N) is 2. The molecular weight excluding hydrogens is 503 g/mol. The number of amides is 1. The van der Waals surface area contributed by atoms with E-state index in [0.29, 0.717) is 32.4 Å². The Morgan fingerprint density at radius 3 is 2.60 bits per heavy atom. The summed E-state index contributed by atoms with van der Waals surface area (Å²) >= 11 is 18.1. The summed E-state index contributed by atoms with van der Waals surface area (Å²) in [5, 5.41) is 7.70. The van der Waals surface area contributed by atoms with E-state index < -0.39 is 6.04 Å². The van der Waals surface area contributed by atoms with Gasteiger partial charge in [0.2, 0.25) is 5.91 Å². The smallest absolute Gasteiger partial charge is 0.244 e. The number of furan rings is 1. The van der Waals surface area contributed by atoms with E-state index in [4.69, 9.17) is 39.8 Å². The zero-order chi connectivity index (χ0) is 24.4. The number of hydrogen-bond acceptors (Lipinski definition) is 4. The van der Waals surface area contributed by atoms with Crippen molar-refractivity contribution in [3.8, 4) is 11.3 Å². The molecule has 6 nitrogen and oxygen atoms in total. The molecule has 176 valence electrons. The van der Waals surface area contributed by atoms with Crippen molar-refractivity contribution in [1.29, 1.82) is 0 Å². The van der Waals surface area contributed by atoms with Gasteiger partial charge in [0, 0.05) is 22.5 Å². The van der Waals surface area contributed by atoms with Gasteiger partial charge in [0.15, 0.2) is 5.11 Å². The van der Waals surface area contributed by atoms with Crippen molar-refractivity contribution in [2.45, 2.75) is 12.1 Å². The van der Waals surface area contributed by atoms with E-state index in [-0.39, 0.29) is 18.5 Å². The van der Waals surface area contributed by atoms with Gasteiger partial charge in [-0.05, 0) is 66.8 Å². The fraction of sp³-hybridized carbons (Fsp3) is 0.115. The van der Waals surface area contributed by atoms with Crippen LogP contribution in [0.15, 0.2) is 89.5 Å². The second-order valence-electron chi connectivity index (χ2n) is 7.99. The molecule has 2 aromatic heterocycles. The van der Waals surface area contributed by atoms with Crippen molar-refractivity contribution in [1.82, 2.24) is 15.2 Å². The fourth-order valence-corrected chi connectivity index (χ4v) is 4.91. The maximum Gasteiger partial charge on any atom is 0.244 e. The Morgan fingerprint density at radius 2 is 1.86 bits per heavy atom. The largest absolute Gasteiger partial charge is 0.459 e. The summed E-state index contributed by atoms with van der Waals surface area (Å²) < 4.78 is 6.28. The Morgan fingerprint density at radius 1 is 1.06 bits per heavy atom. The minimum Gasteiger partial charge on any atom is -0.459 e. The number of rotatable bonds is 6. The Kier molecular flexibility index (Phi) is 6.72. The minimum atomic E-state index is -0.404. The van der Waals surface area contributed by atoms with Crippen LogP contribution in [0.1, 0.15) is 23.5 Å². The summed E-state index contributed by atoms with van der Waals surface area (Å²) in [6.07, 6.45) is 1.73. The number of anilines is 1. The number of nitrogens with one attached hydrogen (secondary N) is 2. The minimum absolute atomic E-state index is 0.0342. The van der Waals surface area contributed by atoms with Crippen LogP contribution < -0.4 is 10.6 Å². The molecule has 0 spiro atoms. The van der Waals surface area contributed by atoms with Gasteiger partial charge in [0.1, 0.15) is 24.1 Å². The number of hydrogen-bond donors (Lipinski definition) is 2. The molecule has 2 N–H and O–H groups in total. The second kappa shape index (κ2) is 10.1. The molecule has 1 fully saturated rings. The third kappa shape index (κ3) is 5.03. The number of carbonyl (C=O) groups excluding carboxylic acids is 1. The second-order valence-corrected chi connectivity index (χ2v) is 9.23. The molecule has 0 aliphatic carbocycles. The van der Waals surface area contributed by atoms with Crippen molar-refractivity contribution in [3.05, 3.63) is 107 Å². The first-order valence-corrected chi connectivity index (χ1v) is 12.0. The molecule has 35 heavy (non-hydrogen) atoms. The lowest BCUT2D eigenvalue weighted by atomic mass is 10.0. The molecule has 0 unspecified atom stereocenters. The molecule has 9 heteroatoms. The van der Waals surface area contributed by atoms with Gasteiger partial charge in [-0.25, -0.2) is 0 Å². The molecule has 2 aromatic carbocycles. The third-order valence-corrected chi connectivity index (χ3v) is 6.58. The number of thiocarbonyl (C=S) groups is 1. The molecule has 0 radical (unpaired) electrons. The Hall–Kier alpha value is -3.39. The van der Waals surface area contributed by atoms with Gasteiger partial charge in [-0.2, -0.15) is 0 Å². The van der Waals surface area contributed by atoms with Crippen LogP contribution in [0.4, 0.5) is 5.69 Å². The molecule has 5 rings (SSSR count). The molecule has 2 atom stereocenters. The molecular formula is C26H20Cl2N4O2S. The number of halogens is 2. The van der Waals surface area contributed by atoms with Crippen LogP contribution in [0.5, 0.6) is 0 Å². The lowest BCUT2D eigenvalue weighted by Crippen LogP contribution is -2.36. The number of pyridine rings is 1. The Balaban J connectivity index is 1.47. The van der Waals surface area contributed by atoms with Crippen molar-refractivity contribution >= 4 is 52.1 Å². The van der Waals surface area contributed by atoms with Crippen LogP contribution in [0.25, 0.3) is 11.3 Å². The first-order valence-electron chi connectivity index (χ1n) is 10.9. The standard InChI is InChI=1S/C26H20Cl2N4O2S/c27-16-9-10-18(19(28)14-16)21-11-12-22(34-21)25-24(20-8-4-5-13-29-20)31-26(35)32(25)15-23(33)30-17-6-2-1-3-7-17/h1-14,24-25H,15H2,(H,30,33)(H,31,35)/t24-,25-/m1/s1. The van der Waals surface area contributed by atoms with E-state index in [1.807, 2.05) is 71.6 Å². The van der Waals surface area contributed by atoms with Crippen molar-refractivity contribution < 1.29 is 9.21 Å². The molecule has 3 heterocycles. The summed E-state index contributed by atoms with van der Waals surface area (Å²) in [5.41, 5.74) is 2.22. The predicted octanol–water partition coefficient (Wildman–Crippen LogP) is 6.26. The van der Waals surface area contributed by atoms with Gasteiger partial charge in [0.25, 0.3) is 0 Å². The number of benzene rings is 2.